The summed E-state index contributed by atoms with van der Waals surface area (Å²) in [7, 11) is -3.63. The summed E-state index contributed by atoms with van der Waals surface area (Å²) in [5.41, 5.74) is 0.468. The van der Waals surface area contributed by atoms with E-state index in [9.17, 15) is 32.3 Å². The highest BCUT2D eigenvalue weighted by atomic mass is 32.2. The molecule has 0 aliphatic carbocycles. The molecule has 3 heterocycles. The number of amides is 1. The maximum atomic E-state index is 14.1. The molecule has 0 saturated heterocycles. The Labute approximate surface area is 212 Å². The number of aliphatic hydroxyl groups is 1. The Hall–Kier alpha value is -3.32. The number of carbonyl (C=O) groups excluding carboxylic acids is 1. The van der Waals surface area contributed by atoms with E-state index in [1.807, 2.05) is 0 Å². The van der Waals surface area contributed by atoms with Crippen LogP contribution in [0.3, 0.4) is 0 Å². The number of hydrogen-bond donors (Lipinski definition) is 1. The normalized spacial score (nSPS) is 18.7. The van der Waals surface area contributed by atoms with Crippen LogP contribution in [0.2, 0.25) is 0 Å². The summed E-state index contributed by atoms with van der Waals surface area (Å²) in [5, 5.41) is 29.4. The second-order valence-corrected chi connectivity index (χ2v) is 11.5. The first-order chi connectivity index (χ1) is 17.3. The molecule has 0 bridgehead atoms. The van der Waals surface area contributed by atoms with E-state index in [0.29, 0.717) is 22.4 Å². The molecule has 12 heteroatoms. The molecule has 9 nitrogen and oxygen atoms in total. The van der Waals surface area contributed by atoms with Gasteiger partial charge in [0.05, 0.1) is 11.9 Å². The monoisotopic (exact) mass is 532 g/mol. The second kappa shape index (κ2) is 9.86. The van der Waals surface area contributed by atoms with Gasteiger partial charge in [-0.3, -0.25) is 14.3 Å². The van der Waals surface area contributed by atoms with Gasteiger partial charge in [-0.05, 0) is 37.6 Å². The predicted octanol–water partition coefficient (Wildman–Crippen LogP) is 3.46. The minimum Gasteiger partial charge on any atom is -0.624 e. The lowest BCUT2D eigenvalue weighted by molar-refractivity contribution is -0.834. The van der Waals surface area contributed by atoms with Crippen molar-refractivity contribution in [3.05, 3.63) is 88.5 Å². The number of hydrogen-bond acceptors (Lipinski definition) is 7. The van der Waals surface area contributed by atoms with Gasteiger partial charge in [0.1, 0.15) is 23.9 Å². The molecule has 1 aliphatic rings. The molecule has 3 aromatic rings. The van der Waals surface area contributed by atoms with Gasteiger partial charge in [0.15, 0.2) is 16.4 Å². The number of nitrogens with zero attached hydrogens (tertiary/aromatic N) is 4. The van der Waals surface area contributed by atoms with Gasteiger partial charge in [-0.2, -0.15) is 5.10 Å². The second-order valence-electron chi connectivity index (χ2n) is 9.53. The molecule has 0 fully saturated rings. The smallest absolute Gasteiger partial charge is 0.336 e. The molecule has 1 amide bonds. The number of alkyl halides is 2. The Kier molecular flexibility index (Phi) is 7.12. The SMILES string of the molecule is CC(C)(O)c1cc(C[N+]([O-])(C(=O)Cn2cc(-c3ccc(C(F)F)cc3)cn2)[C@@H]2C=CS(=O)(=O)C2)ccn1. The Morgan fingerprint density at radius 3 is 2.54 bits per heavy atom. The summed E-state index contributed by atoms with van der Waals surface area (Å²) in [6, 6.07) is 7.51. The van der Waals surface area contributed by atoms with Crippen LogP contribution in [0.4, 0.5) is 8.78 Å². The van der Waals surface area contributed by atoms with Crippen LogP contribution < -0.4 is 0 Å². The average molecular weight is 533 g/mol. The lowest BCUT2D eigenvalue weighted by Gasteiger charge is -2.43. The summed E-state index contributed by atoms with van der Waals surface area (Å²) < 4.78 is 49.6. The van der Waals surface area contributed by atoms with Gasteiger partial charge < -0.3 is 10.3 Å². The van der Waals surface area contributed by atoms with Crippen LogP contribution in [0.5, 0.6) is 0 Å². The molecular formula is C25H26F2N4O5S. The summed E-state index contributed by atoms with van der Waals surface area (Å²) in [4.78, 5) is 17.5. The molecular weight excluding hydrogens is 506 g/mol. The fourth-order valence-electron chi connectivity index (χ4n) is 4.07. The van der Waals surface area contributed by atoms with Crippen molar-refractivity contribution in [2.75, 3.05) is 5.75 Å². The van der Waals surface area contributed by atoms with Gasteiger partial charge in [0.2, 0.25) is 0 Å². The molecule has 0 saturated carbocycles. The zero-order valence-corrected chi connectivity index (χ0v) is 21.0. The van der Waals surface area contributed by atoms with Crippen LogP contribution in [0.1, 0.15) is 37.1 Å². The largest absolute Gasteiger partial charge is 0.624 e. The number of halogens is 2. The van der Waals surface area contributed by atoms with Gasteiger partial charge in [-0.1, -0.05) is 24.3 Å². The van der Waals surface area contributed by atoms with Crippen molar-refractivity contribution in [2.45, 2.75) is 45.0 Å². The lowest BCUT2D eigenvalue weighted by atomic mass is 10.0. The Morgan fingerprint density at radius 1 is 1.24 bits per heavy atom. The van der Waals surface area contributed by atoms with Crippen LogP contribution in [0.15, 0.2) is 66.5 Å². The minimum atomic E-state index is -3.63. The molecule has 2 atom stereocenters. The standard InChI is InChI=1S/C25H26F2N4O5S/c1-25(2,33)22-11-17(7-9-28-22)15-31(34,21-8-10-37(35,36)16-21)23(32)14-30-13-20(12-29-30)18-3-5-19(6-4-18)24(26)27/h3-13,21,24,33H,14-16H2,1-2H3/t21-,31?/m1/s1. The zero-order chi connectivity index (χ0) is 27.0. The van der Waals surface area contributed by atoms with Gasteiger partial charge in [0, 0.05) is 34.5 Å². The predicted molar refractivity (Wildman–Crippen MR) is 131 cm³/mol. The lowest BCUT2D eigenvalue weighted by Crippen LogP contribution is -2.55. The van der Waals surface area contributed by atoms with Crippen molar-refractivity contribution >= 4 is 15.7 Å². The number of carbonyl (C=O) groups is 1. The average Bonchev–Trinajstić information content (AvgIpc) is 3.45. The van der Waals surface area contributed by atoms with E-state index < -0.39 is 50.8 Å². The third-order valence-electron chi connectivity index (χ3n) is 6.16. The number of pyridine rings is 1. The Bertz CT molecular complexity index is 1430. The van der Waals surface area contributed by atoms with E-state index in [-0.39, 0.29) is 12.1 Å². The highest BCUT2D eigenvalue weighted by Crippen LogP contribution is 2.28. The molecule has 1 unspecified atom stereocenters. The highest BCUT2D eigenvalue weighted by molar-refractivity contribution is 7.94. The molecule has 4 rings (SSSR count). The van der Waals surface area contributed by atoms with Crippen LogP contribution in [0.25, 0.3) is 11.1 Å². The molecule has 37 heavy (non-hydrogen) atoms. The van der Waals surface area contributed by atoms with E-state index >= 15 is 0 Å². The molecule has 0 radical (unpaired) electrons. The van der Waals surface area contributed by atoms with Crippen molar-refractivity contribution in [3.63, 3.8) is 0 Å². The topological polar surface area (TPSA) is 125 Å². The first-order valence-corrected chi connectivity index (χ1v) is 13.1. The molecule has 2 aromatic heterocycles. The first-order valence-electron chi connectivity index (χ1n) is 11.4. The van der Waals surface area contributed by atoms with Gasteiger partial charge in [0.25, 0.3) is 6.43 Å². The van der Waals surface area contributed by atoms with E-state index in [1.165, 1.54) is 79.6 Å². The number of sulfone groups is 1. The van der Waals surface area contributed by atoms with Crippen molar-refractivity contribution in [1.29, 1.82) is 0 Å². The molecule has 196 valence electrons. The maximum absolute atomic E-state index is 14.1. The third-order valence-corrected chi connectivity index (χ3v) is 7.54. The molecule has 0 spiro atoms. The summed E-state index contributed by atoms with van der Waals surface area (Å²) >= 11 is 0. The third kappa shape index (κ3) is 5.99. The number of rotatable bonds is 8. The van der Waals surface area contributed by atoms with E-state index in [2.05, 4.69) is 10.1 Å². The highest BCUT2D eigenvalue weighted by Gasteiger charge is 2.41. The van der Waals surface area contributed by atoms with Crippen LogP contribution in [0, 0.1) is 5.21 Å². The van der Waals surface area contributed by atoms with E-state index in [0.717, 1.165) is 5.41 Å². The van der Waals surface area contributed by atoms with Crippen molar-refractivity contribution in [2.24, 2.45) is 0 Å². The Balaban J connectivity index is 1.60. The van der Waals surface area contributed by atoms with Crippen LogP contribution in [-0.2, 0) is 33.3 Å². The number of quaternary nitrogens is 1. The first kappa shape index (κ1) is 26.7. The van der Waals surface area contributed by atoms with Crippen molar-refractivity contribution in [1.82, 2.24) is 14.8 Å². The molecule has 1 aromatic carbocycles. The Morgan fingerprint density at radius 2 is 1.95 bits per heavy atom. The van der Waals surface area contributed by atoms with Gasteiger partial charge in [-0.25, -0.2) is 22.0 Å². The maximum Gasteiger partial charge on any atom is 0.336 e. The van der Waals surface area contributed by atoms with Gasteiger partial charge >= 0.3 is 5.91 Å². The summed E-state index contributed by atoms with van der Waals surface area (Å²) in [5.74, 6) is -1.33. The summed E-state index contributed by atoms with van der Waals surface area (Å²) in [6.07, 6.45) is 3.02. The number of hydroxylamine groups is 3. The van der Waals surface area contributed by atoms with Gasteiger partial charge in [-0.15, -0.1) is 0 Å². The molecule has 1 aliphatic heterocycles. The van der Waals surface area contributed by atoms with Crippen molar-refractivity contribution in [3.8, 4) is 11.1 Å². The zero-order valence-electron chi connectivity index (χ0n) is 20.2. The number of benzene rings is 1. The fraction of sp³-hybridized carbons (Fsp3) is 0.320. The quantitative estimate of drug-likeness (QED) is 0.348. The number of aromatic nitrogens is 3. The molecule has 1 N–H and O–H groups in total. The minimum absolute atomic E-state index is 0.122. The van der Waals surface area contributed by atoms with E-state index in [4.69, 9.17) is 0 Å². The fourth-order valence-corrected chi connectivity index (χ4v) is 5.43. The van der Waals surface area contributed by atoms with Crippen LogP contribution in [-0.4, -0.2) is 50.6 Å². The van der Waals surface area contributed by atoms with Crippen LogP contribution >= 0.6 is 0 Å². The van der Waals surface area contributed by atoms with Crippen molar-refractivity contribution < 1.29 is 31.7 Å². The summed E-state index contributed by atoms with van der Waals surface area (Å²) in [6.45, 7) is 2.25. The van der Waals surface area contributed by atoms with E-state index in [1.54, 1.807) is 0 Å².